The number of para-hydroxylation sites is 1. The van der Waals surface area contributed by atoms with Gasteiger partial charge in [0.1, 0.15) is 12.3 Å². The summed E-state index contributed by atoms with van der Waals surface area (Å²) >= 11 is 0. The predicted molar refractivity (Wildman–Crippen MR) is 109 cm³/mol. The molecule has 3 N–H and O–H groups in total. The summed E-state index contributed by atoms with van der Waals surface area (Å²) in [5.74, 6) is 0.226. The van der Waals surface area contributed by atoms with Crippen LogP contribution in [0.2, 0.25) is 0 Å². The minimum Gasteiger partial charge on any atom is -0.491 e. The van der Waals surface area contributed by atoms with Crippen LogP contribution in [-0.2, 0) is 17.8 Å². The van der Waals surface area contributed by atoms with Crippen molar-refractivity contribution in [3.05, 3.63) is 65.9 Å². The van der Waals surface area contributed by atoms with Crippen molar-refractivity contribution in [1.82, 2.24) is 9.88 Å². The average Bonchev–Trinajstić information content (AvgIpc) is 3.02. The predicted octanol–water partition coefficient (Wildman–Crippen LogP) is 2.89. The Balaban J connectivity index is 1.56. The number of hydrogen-bond donors (Lipinski definition) is 2. The Labute approximate surface area is 164 Å². The summed E-state index contributed by atoms with van der Waals surface area (Å²) in [4.78, 5) is 24.0. The van der Waals surface area contributed by atoms with Crippen LogP contribution < -0.4 is 15.8 Å². The van der Waals surface area contributed by atoms with Gasteiger partial charge in [-0.1, -0.05) is 30.3 Å². The third-order valence-corrected chi connectivity index (χ3v) is 4.40. The second-order valence-electron chi connectivity index (χ2n) is 6.96. The first-order chi connectivity index (χ1) is 13.4. The summed E-state index contributed by atoms with van der Waals surface area (Å²) in [7, 11) is 0. The highest BCUT2D eigenvalue weighted by Gasteiger charge is 2.13. The summed E-state index contributed by atoms with van der Waals surface area (Å²) in [6, 6.07) is 15.3. The molecule has 146 valence electrons. The number of hydrogen-bond acceptors (Lipinski definition) is 3. The van der Waals surface area contributed by atoms with Crippen molar-refractivity contribution in [3.8, 4) is 5.75 Å². The number of nitrogens with one attached hydrogen (secondary N) is 1. The normalized spacial score (nSPS) is 11.0. The van der Waals surface area contributed by atoms with Crippen molar-refractivity contribution in [1.29, 1.82) is 0 Å². The largest absolute Gasteiger partial charge is 0.491 e. The van der Waals surface area contributed by atoms with Crippen LogP contribution in [0.5, 0.6) is 5.75 Å². The van der Waals surface area contributed by atoms with Crippen LogP contribution >= 0.6 is 0 Å². The van der Waals surface area contributed by atoms with E-state index < -0.39 is 5.91 Å². The van der Waals surface area contributed by atoms with Crippen LogP contribution in [-0.4, -0.2) is 29.0 Å². The number of nitrogens with zero attached hydrogens (tertiary/aromatic N) is 1. The molecule has 6 nitrogen and oxygen atoms in total. The fraction of sp³-hybridized carbons (Fsp3) is 0.273. The number of benzene rings is 2. The Bertz CT molecular complexity index is 974. The lowest BCUT2D eigenvalue weighted by molar-refractivity contribution is -0.121. The van der Waals surface area contributed by atoms with Crippen molar-refractivity contribution in [2.24, 2.45) is 5.73 Å². The summed E-state index contributed by atoms with van der Waals surface area (Å²) in [5.41, 5.74) is 7.80. The summed E-state index contributed by atoms with van der Waals surface area (Å²) in [6.45, 7) is 4.65. The topological polar surface area (TPSA) is 86.3 Å². The molecule has 0 aliphatic rings. The smallest absolute Gasteiger partial charge is 0.250 e. The molecule has 3 rings (SSSR count). The third-order valence-electron chi connectivity index (χ3n) is 4.40. The summed E-state index contributed by atoms with van der Waals surface area (Å²) in [6.07, 6.45) is 2.51. The average molecular weight is 379 g/mol. The number of nitrogens with two attached hydrogens (primary N) is 1. The molecule has 0 saturated heterocycles. The number of rotatable bonds is 8. The highest BCUT2D eigenvalue weighted by atomic mass is 16.5. The van der Waals surface area contributed by atoms with Crippen molar-refractivity contribution in [2.75, 3.05) is 6.54 Å². The molecule has 6 heteroatoms. The molecule has 0 bridgehead atoms. The molecule has 2 amide bonds. The summed E-state index contributed by atoms with van der Waals surface area (Å²) in [5, 5.41) is 3.68. The highest BCUT2D eigenvalue weighted by molar-refractivity contribution is 6.06. The van der Waals surface area contributed by atoms with Gasteiger partial charge in [-0.3, -0.25) is 9.59 Å². The first-order valence-corrected chi connectivity index (χ1v) is 9.34. The van der Waals surface area contributed by atoms with Crippen LogP contribution in [0.4, 0.5) is 0 Å². The zero-order valence-corrected chi connectivity index (χ0v) is 16.1. The Morgan fingerprint density at radius 1 is 1.11 bits per heavy atom. The molecule has 0 aliphatic heterocycles. The van der Waals surface area contributed by atoms with Gasteiger partial charge in [0.2, 0.25) is 5.91 Å². The van der Waals surface area contributed by atoms with E-state index in [1.807, 2.05) is 62.4 Å². The van der Waals surface area contributed by atoms with E-state index in [1.54, 1.807) is 10.8 Å². The molecule has 0 radical (unpaired) electrons. The van der Waals surface area contributed by atoms with E-state index in [1.165, 1.54) is 0 Å². The maximum absolute atomic E-state index is 12.3. The number of carbonyl (C=O) groups is 2. The lowest BCUT2D eigenvalue weighted by Crippen LogP contribution is -2.29. The van der Waals surface area contributed by atoms with E-state index in [0.717, 1.165) is 28.6 Å². The number of amides is 2. The molecule has 1 heterocycles. The summed E-state index contributed by atoms with van der Waals surface area (Å²) < 4.78 is 7.38. The highest BCUT2D eigenvalue weighted by Crippen LogP contribution is 2.20. The Hall–Kier alpha value is -3.28. The van der Waals surface area contributed by atoms with Crippen molar-refractivity contribution < 1.29 is 14.3 Å². The van der Waals surface area contributed by atoms with Gasteiger partial charge in [0, 0.05) is 23.6 Å². The van der Waals surface area contributed by atoms with E-state index in [-0.39, 0.29) is 18.6 Å². The van der Waals surface area contributed by atoms with Gasteiger partial charge >= 0.3 is 0 Å². The monoisotopic (exact) mass is 379 g/mol. The lowest BCUT2D eigenvalue weighted by atomic mass is 10.1. The number of fused-ring (bicyclic) bond motifs is 1. The first-order valence-electron chi connectivity index (χ1n) is 9.34. The number of primary amides is 1. The van der Waals surface area contributed by atoms with E-state index in [2.05, 4.69) is 5.32 Å². The van der Waals surface area contributed by atoms with Gasteiger partial charge in [-0.15, -0.1) is 0 Å². The van der Waals surface area contributed by atoms with E-state index >= 15 is 0 Å². The minimum absolute atomic E-state index is 0.114. The molecule has 0 atom stereocenters. The van der Waals surface area contributed by atoms with Gasteiger partial charge in [-0.25, -0.2) is 0 Å². The molecule has 0 saturated carbocycles. The van der Waals surface area contributed by atoms with Gasteiger partial charge in [-0.05, 0) is 44.0 Å². The molecule has 0 fully saturated rings. The minimum atomic E-state index is -0.500. The van der Waals surface area contributed by atoms with Crippen molar-refractivity contribution in [2.45, 2.75) is 32.9 Å². The van der Waals surface area contributed by atoms with Gasteiger partial charge in [0.15, 0.2) is 0 Å². The van der Waals surface area contributed by atoms with Crippen molar-refractivity contribution >= 4 is 22.7 Å². The van der Waals surface area contributed by atoms with Crippen LogP contribution in [0.1, 0.15) is 29.8 Å². The fourth-order valence-electron chi connectivity index (χ4n) is 3.14. The maximum Gasteiger partial charge on any atom is 0.250 e. The maximum atomic E-state index is 12.3. The van der Waals surface area contributed by atoms with E-state index in [0.29, 0.717) is 12.1 Å². The molecule has 1 aromatic heterocycles. The molecular weight excluding hydrogens is 354 g/mol. The number of ether oxygens (including phenoxy) is 1. The molecule has 28 heavy (non-hydrogen) atoms. The standard InChI is InChI=1S/C22H25N3O3/c1-15(2)28-17-9-7-16(8-10-17)11-12-24-21(26)14-25-13-19(22(23)27)18-5-3-4-6-20(18)25/h3-10,13,15H,11-12,14H2,1-2H3,(H2,23,27)(H,24,26). The Morgan fingerprint density at radius 3 is 2.50 bits per heavy atom. The first kappa shape index (κ1) is 19.5. The molecule has 0 aliphatic carbocycles. The van der Waals surface area contributed by atoms with Gasteiger partial charge < -0.3 is 20.4 Å². The second kappa shape index (κ2) is 8.61. The lowest BCUT2D eigenvalue weighted by Gasteiger charge is -2.10. The van der Waals surface area contributed by atoms with Gasteiger partial charge in [0.05, 0.1) is 11.7 Å². The second-order valence-corrected chi connectivity index (χ2v) is 6.96. The molecule has 3 aromatic rings. The molecular formula is C22H25N3O3. The molecule has 0 unspecified atom stereocenters. The van der Waals surface area contributed by atoms with Gasteiger partial charge in [-0.2, -0.15) is 0 Å². The zero-order chi connectivity index (χ0) is 20.1. The zero-order valence-electron chi connectivity index (χ0n) is 16.1. The van der Waals surface area contributed by atoms with E-state index in [9.17, 15) is 9.59 Å². The SMILES string of the molecule is CC(C)Oc1ccc(CCNC(=O)Cn2cc(C(N)=O)c3ccccc32)cc1. The molecule has 2 aromatic carbocycles. The quantitative estimate of drug-likeness (QED) is 0.631. The van der Waals surface area contributed by atoms with Crippen LogP contribution in [0, 0.1) is 0 Å². The van der Waals surface area contributed by atoms with Crippen LogP contribution in [0.3, 0.4) is 0 Å². The van der Waals surface area contributed by atoms with Crippen molar-refractivity contribution in [3.63, 3.8) is 0 Å². The van der Waals surface area contributed by atoms with Crippen LogP contribution in [0.15, 0.2) is 54.7 Å². The Morgan fingerprint density at radius 2 is 1.82 bits per heavy atom. The van der Waals surface area contributed by atoms with Gasteiger partial charge in [0.25, 0.3) is 5.91 Å². The number of aromatic nitrogens is 1. The molecule has 0 spiro atoms. The number of carbonyl (C=O) groups excluding carboxylic acids is 2. The third kappa shape index (κ3) is 4.71. The Kier molecular flexibility index (Phi) is 5.99. The van der Waals surface area contributed by atoms with Crippen LogP contribution in [0.25, 0.3) is 10.9 Å². The van der Waals surface area contributed by atoms with E-state index in [4.69, 9.17) is 10.5 Å². The fourth-order valence-corrected chi connectivity index (χ4v) is 3.14.